The molecule has 6 nitrogen and oxygen atoms in total. The van der Waals surface area contributed by atoms with E-state index in [1.165, 1.54) is 6.92 Å². The van der Waals surface area contributed by atoms with Crippen molar-refractivity contribution in [2.24, 2.45) is 11.7 Å². The molecule has 9 heteroatoms. The molecule has 0 saturated heterocycles. The maximum atomic E-state index is 14.3. The minimum Gasteiger partial charge on any atom is -0.329 e. The maximum Gasteiger partial charge on any atom is 0.244 e. The fourth-order valence-corrected chi connectivity index (χ4v) is 4.26. The number of amides is 1. The number of halogens is 2. The average molecular weight is 380 g/mol. The largest absolute Gasteiger partial charge is 0.329 e. The van der Waals surface area contributed by atoms with Gasteiger partial charge in [0.1, 0.15) is 10.7 Å². The Morgan fingerprint density at radius 3 is 2.46 bits per heavy atom. The molecule has 0 radical (unpaired) electrons. The van der Waals surface area contributed by atoms with Gasteiger partial charge in [-0.25, -0.2) is 17.5 Å². The number of hydrogen-bond donors (Lipinski definition) is 3. The highest BCUT2D eigenvalue weighted by molar-refractivity contribution is 7.89. The van der Waals surface area contributed by atoms with Gasteiger partial charge < -0.3 is 11.1 Å². The Kier molecular flexibility index (Phi) is 6.75. The van der Waals surface area contributed by atoms with Gasteiger partial charge in [0, 0.05) is 25.1 Å². The van der Waals surface area contributed by atoms with Crippen LogP contribution in [0, 0.1) is 11.7 Å². The molecule has 1 unspecified atom stereocenters. The molecule has 0 saturated carbocycles. The number of rotatable bonds is 7. The molecule has 1 aromatic carbocycles. The molecule has 1 atom stereocenters. The molecule has 0 aliphatic heterocycles. The monoisotopic (exact) mass is 379 g/mol. The Balaban J connectivity index is 3.23. The van der Waals surface area contributed by atoms with E-state index in [2.05, 4.69) is 10.0 Å². The highest BCUT2D eigenvalue weighted by atomic mass is 35.5. The smallest absolute Gasteiger partial charge is 0.244 e. The van der Waals surface area contributed by atoms with Gasteiger partial charge in [-0.1, -0.05) is 25.4 Å². The standard InChI is InChI=1S/C15H23ClFN3O3S/c1-9(2)7-15(4,8-18)20-24(22,23)14-5-11(16)13(6-12(14)17)19-10(3)21/h5-6,9,20H,7-8,18H2,1-4H3,(H,19,21). The molecule has 1 amide bonds. The number of nitrogens with two attached hydrogens (primary N) is 1. The van der Waals surface area contributed by atoms with Crippen molar-refractivity contribution in [2.45, 2.75) is 44.6 Å². The van der Waals surface area contributed by atoms with Gasteiger partial charge in [0.2, 0.25) is 15.9 Å². The molecule has 0 fully saturated rings. The molecule has 0 aliphatic rings. The zero-order valence-corrected chi connectivity index (χ0v) is 15.7. The van der Waals surface area contributed by atoms with E-state index in [0.717, 1.165) is 12.1 Å². The molecule has 1 aromatic rings. The second-order valence-corrected chi connectivity index (χ2v) is 8.47. The second kappa shape index (κ2) is 7.77. The van der Waals surface area contributed by atoms with Crippen molar-refractivity contribution in [3.63, 3.8) is 0 Å². The van der Waals surface area contributed by atoms with Crippen molar-refractivity contribution < 1.29 is 17.6 Å². The summed E-state index contributed by atoms with van der Waals surface area (Å²) in [7, 11) is -4.18. The lowest BCUT2D eigenvalue weighted by atomic mass is 9.92. The van der Waals surface area contributed by atoms with Crippen LogP contribution in [-0.2, 0) is 14.8 Å². The van der Waals surface area contributed by atoms with Gasteiger partial charge in [0.05, 0.1) is 10.7 Å². The topological polar surface area (TPSA) is 101 Å². The molecule has 1 rings (SSSR count). The van der Waals surface area contributed by atoms with E-state index < -0.39 is 32.2 Å². The van der Waals surface area contributed by atoms with Crippen molar-refractivity contribution >= 4 is 33.2 Å². The SMILES string of the molecule is CC(=O)Nc1cc(F)c(S(=O)(=O)NC(C)(CN)CC(C)C)cc1Cl. The Labute approximate surface area is 147 Å². The average Bonchev–Trinajstić information content (AvgIpc) is 2.40. The van der Waals surface area contributed by atoms with Crippen LogP contribution in [0.15, 0.2) is 17.0 Å². The molecule has 136 valence electrons. The summed E-state index contributed by atoms with van der Waals surface area (Å²) in [6, 6.07) is 1.84. The van der Waals surface area contributed by atoms with Crippen molar-refractivity contribution in [3.8, 4) is 0 Å². The number of carbonyl (C=O) groups excluding carboxylic acids is 1. The van der Waals surface area contributed by atoms with Crippen LogP contribution in [0.5, 0.6) is 0 Å². The van der Waals surface area contributed by atoms with E-state index in [1.54, 1.807) is 6.92 Å². The number of anilines is 1. The van der Waals surface area contributed by atoms with Gasteiger partial charge >= 0.3 is 0 Å². The zero-order chi connectivity index (χ0) is 18.7. The second-order valence-electron chi connectivity index (χ2n) is 6.41. The molecule has 0 aromatic heterocycles. The fraction of sp³-hybridized carbons (Fsp3) is 0.533. The normalized spacial score (nSPS) is 14.5. The van der Waals surface area contributed by atoms with E-state index >= 15 is 0 Å². The number of hydrogen-bond acceptors (Lipinski definition) is 4. The van der Waals surface area contributed by atoms with E-state index in [4.69, 9.17) is 17.3 Å². The first kappa shape index (κ1) is 20.8. The van der Waals surface area contributed by atoms with Gasteiger partial charge in [0.25, 0.3) is 0 Å². The van der Waals surface area contributed by atoms with Crippen LogP contribution in [0.2, 0.25) is 5.02 Å². The summed E-state index contributed by atoms with van der Waals surface area (Å²) in [6.07, 6.45) is 0.488. The van der Waals surface area contributed by atoms with Gasteiger partial charge in [-0.05, 0) is 25.3 Å². The van der Waals surface area contributed by atoms with Crippen LogP contribution in [0.4, 0.5) is 10.1 Å². The lowest BCUT2D eigenvalue weighted by Crippen LogP contribution is -2.52. The molecular formula is C15H23ClFN3O3S. The minimum atomic E-state index is -4.18. The van der Waals surface area contributed by atoms with Gasteiger partial charge in [-0.3, -0.25) is 4.79 Å². The van der Waals surface area contributed by atoms with Crippen LogP contribution in [0.1, 0.15) is 34.1 Å². The van der Waals surface area contributed by atoms with Gasteiger partial charge in [-0.15, -0.1) is 0 Å². The third-order valence-electron chi connectivity index (χ3n) is 3.31. The van der Waals surface area contributed by atoms with Crippen LogP contribution < -0.4 is 15.8 Å². The molecule has 0 heterocycles. The molecular weight excluding hydrogens is 357 g/mol. The number of sulfonamides is 1. The Hall–Kier alpha value is -1.22. The molecule has 0 aliphatic carbocycles. The molecule has 0 bridgehead atoms. The quantitative estimate of drug-likeness (QED) is 0.677. The van der Waals surface area contributed by atoms with Gasteiger partial charge in [0.15, 0.2) is 0 Å². The Morgan fingerprint density at radius 1 is 1.42 bits per heavy atom. The van der Waals surface area contributed by atoms with Crippen LogP contribution in [0.25, 0.3) is 0 Å². The van der Waals surface area contributed by atoms with Crippen molar-refractivity contribution in [3.05, 3.63) is 23.0 Å². The van der Waals surface area contributed by atoms with E-state index in [9.17, 15) is 17.6 Å². The van der Waals surface area contributed by atoms with Gasteiger partial charge in [-0.2, -0.15) is 0 Å². The molecule has 0 spiro atoms. The molecule has 4 N–H and O–H groups in total. The summed E-state index contributed by atoms with van der Waals surface area (Å²) < 4.78 is 41.8. The highest BCUT2D eigenvalue weighted by Crippen LogP contribution is 2.29. The van der Waals surface area contributed by atoms with E-state index in [0.29, 0.717) is 6.42 Å². The van der Waals surface area contributed by atoms with Crippen molar-refractivity contribution in [2.75, 3.05) is 11.9 Å². The maximum absolute atomic E-state index is 14.3. The summed E-state index contributed by atoms with van der Waals surface area (Å²) in [5.74, 6) is -1.27. The minimum absolute atomic E-state index is 0.00406. The van der Waals surface area contributed by atoms with Crippen LogP contribution >= 0.6 is 11.6 Å². The lowest BCUT2D eigenvalue weighted by Gasteiger charge is -2.30. The zero-order valence-electron chi connectivity index (χ0n) is 14.1. The van der Waals surface area contributed by atoms with E-state index in [-0.39, 0.29) is 23.2 Å². The van der Waals surface area contributed by atoms with Crippen LogP contribution in [-0.4, -0.2) is 26.4 Å². The van der Waals surface area contributed by atoms with E-state index in [1.807, 2.05) is 13.8 Å². The summed E-state index contributed by atoms with van der Waals surface area (Å²) >= 11 is 5.94. The van der Waals surface area contributed by atoms with Crippen molar-refractivity contribution in [1.82, 2.24) is 4.72 Å². The lowest BCUT2D eigenvalue weighted by molar-refractivity contribution is -0.114. The summed E-state index contributed by atoms with van der Waals surface area (Å²) in [4.78, 5) is 10.5. The number of benzene rings is 1. The Bertz CT molecular complexity index is 725. The summed E-state index contributed by atoms with van der Waals surface area (Å²) in [5, 5.41) is 2.25. The van der Waals surface area contributed by atoms with Crippen LogP contribution in [0.3, 0.4) is 0 Å². The number of nitrogens with one attached hydrogen (secondary N) is 2. The fourth-order valence-electron chi connectivity index (χ4n) is 2.47. The molecule has 24 heavy (non-hydrogen) atoms. The first-order valence-electron chi connectivity index (χ1n) is 7.41. The predicted octanol–water partition coefficient (Wildman–Crippen LogP) is 2.48. The number of carbonyl (C=O) groups is 1. The Morgan fingerprint density at radius 2 is 2.00 bits per heavy atom. The summed E-state index contributed by atoms with van der Waals surface area (Å²) in [5.41, 5.74) is 4.78. The third-order valence-corrected chi connectivity index (χ3v) is 5.28. The highest BCUT2D eigenvalue weighted by Gasteiger charge is 2.32. The first-order valence-corrected chi connectivity index (χ1v) is 9.27. The summed E-state index contributed by atoms with van der Waals surface area (Å²) in [6.45, 7) is 6.82. The third kappa shape index (κ3) is 5.41. The predicted molar refractivity (Wildman–Crippen MR) is 92.9 cm³/mol. The first-order chi connectivity index (χ1) is 10.9. The van der Waals surface area contributed by atoms with Crippen molar-refractivity contribution in [1.29, 1.82) is 0 Å².